The molecule has 7 nitrogen and oxygen atoms in total. The van der Waals surface area contributed by atoms with Crippen LogP contribution in [0.5, 0.6) is 0 Å². The van der Waals surface area contributed by atoms with Gasteiger partial charge in [0.05, 0.1) is 33.6 Å². The number of amides is 2. The van der Waals surface area contributed by atoms with Gasteiger partial charge >= 0.3 is 0 Å². The number of halogens is 2. The van der Waals surface area contributed by atoms with Crippen molar-refractivity contribution in [3.63, 3.8) is 0 Å². The number of hydrogen-bond acceptors (Lipinski definition) is 5. The molecule has 1 aliphatic heterocycles. The second-order valence-electron chi connectivity index (χ2n) is 8.44. The average Bonchev–Trinajstić information content (AvgIpc) is 2.93. The van der Waals surface area contributed by atoms with Gasteiger partial charge in [0.1, 0.15) is 5.17 Å². The van der Waals surface area contributed by atoms with E-state index in [4.69, 9.17) is 23.2 Å². The molecular weight excluding hydrogens is 473 g/mol. The molecule has 0 bridgehead atoms. The average molecular weight is 498 g/mol. The molecule has 34 heavy (non-hydrogen) atoms. The van der Waals surface area contributed by atoms with Crippen molar-refractivity contribution in [2.24, 2.45) is 10.9 Å². The Bertz CT molecular complexity index is 1230. The number of hydrogen-bond donors (Lipinski definition) is 2. The quantitative estimate of drug-likeness (QED) is 0.606. The van der Waals surface area contributed by atoms with Crippen molar-refractivity contribution < 1.29 is 9.59 Å². The van der Waals surface area contributed by atoms with Gasteiger partial charge < -0.3 is 10.6 Å². The summed E-state index contributed by atoms with van der Waals surface area (Å²) in [5.41, 5.74) is 2.48. The number of benzene rings is 1. The van der Waals surface area contributed by atoms with Crippen LogP contribution in [0.15, 0.2) is 47.1 Å². The maximum absolute atomic E-state index is 13.5. The van der Waals surface area contributed by atoms with E-state index in [0.717, 1.165) is 0 Å². The highest BCUT2D eigenvalue weighted by molar-refractivity contribution is 6.68. The Morgan fingerprint density at radius 1 is 1.24 bits per heavy atom. The molecule has 1 aliphatic rings. The molecule has 176 valence electrons. The molecule has 2 N–H and O–H groups in total. The Labute approximate surface area is 208 Å². The van der Waals surface area contributed by atoms with Crippen molar-refractivity contribution in [1.82, 2.24) is 10.3 Å². The van der Waals surface area contributed by atoms with Crippen LogP contribution in [-0.4, -0.2) is 34.6 Å². The highest BCUT2D eigenvalue weighted by Gasteiger charge is 2.31. The zero-order valence-corrected chi connectivity index (χ0v) is 20.8. The fraction of sp³-hybridized carbons (Fsp3) is 0.320. The van der Waals surface area contributed by atoms with E-state index in [1.807, 2.05) is 20.8 Å². The maximum Gasteiger partial charge on any atom is 0.253 e. The molecule has 1 aromatic carbocycles. The van der Waals surface area contributed by atoms with Crippen LogP contribution in [0, 0.1) is 24.2 Å². The summed E-state index contributed by atoms with van der Waals surface area (Å²) in [6.45, 7) is 7.61. The fourth-order valence-corrected chi connectivity index (χ4v) is 4.30. The van der Waals surface area contributed by atoms with Crippen LogP contribution < -0.4 is 10.6 Å². The largest absolute Gasteiger partial charge is 0.350 e. The summed E-state index contributed by atoms with van der Waals surface area (Å²) < 4.78 is 0. The summed E-state index contributed by atoms with van der Waals surface area (Å²) in [6, 6.07) is 8.51. The first kappa shape index (κ1) is 25.4. The van der Waals surface area contributed by atoms with Gasteiger partial charge in [0.2, 0.25) is 0 Å². The third-order valence-electron chi connectivity index (χ3n) is 5.58. The molecule has 2 atom stereocenters. The molecule has 0 saturated carbocycles. The Kier molecular flexibility index (Phi) is 8.08. The summed E-state index contributed by atoms with van der Waals surface area (Å²) in [4.78, 5) is 35.1. The zero-order valence-electron chi connectivity index (χ0n) is 19.3. The van der Waals surface area contributed by atoms with Crippen molar-refractivity contribution in [1.29, 1.82) is 5.26 Å². The van der Waals surface area contributed by atoms with E-state index >= 15 is 0 Å². The number of carbonyl (C=O) groups is 2. The monoisotopic (exact) mass is 497 g/mol. The van der Waals surface area contributed by atoms with Gasteiger partial charge in [-0.1, -0.05) is 30.1 Å². The maximum atomic E-state index is 13.5. The van der Waals surface area contributed by atoms with Crippen molar-refractivity contribution in [3.05, 3.63) is 69.5 Å². The number of carbonyl (C=O) groups excluding carboxylic acids is 2. The normalized spacial score (nSPS) is 17.8. The molecule has 0 radical (unpaired) electrons. The minimum absolute atomic E-state index is 0.120. The first-order chi connectivity index (χ1) is 16.1. The third kappa shape index (κ3) is 5.64. The molecular formula is C25H25Cl2N5O2. The molecule has 0 aliphatic carbocycles. The minimum Gasteiger partial charge on any atom is -0.350 e. The van der Waals surface area contributed by atoms with Gasteiger partial charge in [0.15, 0.2) is 0 Å². The molecule has 2 aromatic rings. The lowest BCUT2D eigenvalue weighted by molar-refractivity contribution is -0.113. The summed E-state index contributed by atoms with van der Waals surface area (Å²) in [7, 11) is 0. The van der Waals surface area contributed by atoms with E-state index in [2.05, 4.69) is 26.7 Å². The van der Waals surface area contributed by atoms with Gasteiger partial charge in [-0.25, -0.2) is 0 Å². The second-order valence-corrected chi connectivity index (χ2v) is 9.23. The molecule has 1 aromatic heterocycles. The van der Waals surface area contributed by atoms with Crippen molar-refractivity contribution in [3.8, 4) is 6.07 Å². The summed E-state index contributed by atoms with van der Waals surface area (Å²) in [5, 5.41) is 15.7. The Morgan fingerprint density at radius 3 is 2.62 bits per heavy atom. The number of pyridine rings is 1. The standard InChI is InChI=1S/C25H25Cl2N5O2/c1-13(2)31-25(34)18-9-16(11-28)8-14(3)22(18)32-24(33)17-10-21(27)30-12-19(15(17)4)23-20(26)6-5-7-29-23/h5-10,13,15,19H,12H2,1-4H3,(H,31,34)(H,32,33). The van der Waals surface area contributed by atoms with Gasteiger partial charge in [-0.3, -0.25) is 19.6 Å². The van der Waals surface area contributed by atoms with E-state index in [-0.39, 0.29) is 34.5 Å². The van der Waals surface area contributed by atoms with E-state index in [1.165, 1.54) is 12.1 Å². The Balaban J connectivity index is 2.00. The highest BCUT2D eigenvalue weighted by Crippen LogP contribution is 2.36. The van der Waals surface area contributed by atoms with Crippen molar-refractivity contribution in [2.75, 3.05) is 11.9 Å². The predicted molar refractivity (Wildman–Crippen MR) is 135 cm³/mol. The second kappa shape index (κ2) is 10.8. The summed E-state index contributed by atoms with van der Waals surface area (Å²) in [5.74, 6) is -1.40. The number of anilines is 1. The van der Waals surface area contributed by atoms with Crippen LogP contribution in [0.25, 0.3) is 0 Å². The molecule has 0 fully saturated rings. The van der Waals surface area contributed by atoms with E-state index in [1.54, 1.807) is 31.3 Å². The molecule has 0 spiro atoms. The fourth-order valence-electron chi connectivity index (χ4n) is 3.85. The Hall–Kier alpha value is -3.21. The van der Waals surface area contributed by atoms with Crippen LogP contribution in [0.3, 0.4) is 0 Å². The molecule has 2 unspecified atom stereocenters. The smallest absolute Gasteiger partial charge is 0.253 e. The van der Waals surface area contributed by atoms with Crippen LogP contribution >= 0.6 is 23.2 Å². The lowest BCUT2D eigenvalue weighted by atomic mass is 9.84. The van der Waals surface area contributed by atoms with Gasteiger partial charge in [-0.2, -0.15) is 5.26 Å². The number of nitriles is 1. The number of aryl methyl sites for hydroxylation is 1. The molecule has 0 saturated heterocycles. The number of allylic oxidation sites excluding steroid dienone is 1. The van der Waals surface area contributed by atoms with Crippen LogP contribution in [0.2, 0.25) is 5.02 Å². The first-order valence-corrected chi connectivity index (χ1v) is 11.6. The van der Waals surface area contributed by atoms with Gasteiger partial charge in [0.25, 0.3) is 11.8 Å². The van der Waals surface area contributed by atoms with Gasteiger partial charge in [-0.05, 0) is 62.6 Å². The Morgan fingerprint density at radius 2 is 1.97 bits per heavy atom. The number of rotatable bonds is 5. The lowest BCUT2D eigenvalue weighted by Gasteiger charge is -2.24. The molecule has 2 amide bonds. The lowest BCUT2D eigenvalue weighted by Crippen LogP contribution is -2.32. The summed E-state index contributed by atoms with van der Waals surface area (Å²) in [6.07, 6.45) is 3.18. The molecule has 3 rings (SSSR count). The zero-order chi connectivity index (χ0) is 25.0. The first-order valence-electron chi connectivity index (χ1n) is 10.8. The number of aromatic nitrogens is 1. The van der Waals surface area contributed by atoms with Crippen molar-refractivity contribution in [2.45, 2.75) is 39.7 Å². The number of nitrogens with one attached hydrogen (secondary N) is 2. The van der Waals surface area contributed by atoms with Crippen molar-refractivity contribution >= 4 is 45.9 Å². The minimum atomic E-state index is -0.425. The SMILES string of the molecule is Cc1cc(C#N)cc(C(=O)NC(C)C)c1NC(=O)C1=CC(Cl)=NCC(c2ncccc2Cl)C1C. The van der Waals surface area contributed by atoms with Gasteiger partial charge in [0, 0.05) is 30.3 Å². The van der Waals surface area contributed by atoms with E-state index in [0.29, 0.717) is 39.6 Å². The van der Waals surface area contributed by atoms with Crippen LogP contribution in [0.1, 0.15) is 53.9 Å². The number of aliphatic imine (C=N–C) groups is 1. The number of nitrogens with zero attached hydrogens (tertiary/aromatic N) is 3. The summed E-state index contributed by atoms with van der Waals surface area (Å²) >= 11 is 12.7. The van der Waals surface area contributed by atoms with E-state index in [9.17, 15) is 14.9 Å². The van der Waals surface area contributed by atoms with E-state index < -0.39 is 5.91 Å². The third-order valence-corrected chi connectivity index (χ3v) is 6.12. The predicted octanol–water partition coefficient (Wildman–Crippen LogP) is 4.99. The molecule has 9 heteroatoms. The highest BCUT2D eigenvalue weighted by atomic mass is 35.5. The van der Waals surface area contributed by atoms with Crippen LogP contribution in [-0.2, 0) is 4.79 Å². The molecule has 2 heterocycles. The van der Waals surface area contributed by atoms with Gasteiger partial charge in [-0.15, -0.1) is 0 Å². The van der Waals surface area contributed by atoms with Crippen LogP contribution in [0.4, 0.5) is 5.69 Å². The topological polar surface area (TPSA) is 107 Å².